The van der Waals surface area contributed by atoms with Gasteiger partial charge in [-0.05, 0) is 109 Å². The van der Waals surface area contributed by atoms with Gasteiger partial charge in [-0.2, -0.15) is 0 Å². The third kappa shape index (κ3) is 5.23. The van der Waals surface area contributed by atoms with E-state index in [4.69, 9.17) is 27.9 Å². The first-order valence-electron chi connectivity index (χ1n) is 15.4. The minimum Gasteiger partial charge on any atom is -0.458 e. The van der Waals surface area contributed by atoms with Gasteiger partial charge in [0.05, 0.1) is 15.6 Å². The molecule has 0 aromatic heterocycles. The first kappa shape index (κ1) is 28.5. The van der Waals surface area contributed by atoms with Crippen molar-refractivity contribution < 1.29 is 9.53 Å². The van der Waals surface area contributed by atoms with Crippen molar-refractivity contribution in [3.63, 3.8) is 0 Å². The van der Waals surface area contributed by atoms with Crippen LogP contribution in [0.2, 0.25) is 10.0 Å². The first-order chi connectivity index (χ1) is 18.0. The third-order valence-electron chi connectivity index (χ3n) is 11.7. The van der Waals surface area contributed by atoms with Crippen LogP contribution in [0.3, 0.4) is 0 Å². The highest BCUT2D eigenvalue weighted by Crippen LogP contribution is 2.67. The van der Waals surface area contributed by atoms with Gasteiger partial charge in [-0.25, -0.2) is 4.79 Å². The smallest absolute Gasteiger partial charge is 0.338 e. The van der Waals surface area contributed by atoms with Gasteiger partial charge in [0.15, 0.2) is 0 Å². The predicted octanol–water partition coefficient (Wildman–Crippen LogP) is 10.6. The molecule has 3 fully saturated rings. The van der Waals surface area contributed by atoms with Crippen LogP contribution in [0.15, 0.2) is 29.8 Å². The normalized spacial score (nSPS) is 37.2. The van der Waals surface area contributed by atoms with Crippen LogP contribution >= 0.6 is 23.2 Å². The Morgan fingerprint density at radius 1 is 1.00 bits per heavy atom. The van der Waals surface area contributed by atoms with Crippen molar-refractivity contribution in [2.75, 3.05) is 0 Å². The molecule has 0 bridgehead atoms. The number of ether oxygens (including phenoxy) is 1. The zero-order valence-corrected chi connectivity index (χ0v) is 25.7. The van der Waals surface area contributed by atoms with Crippen molar-refractivity contribution in [1.29, 1.82) is 0 Å². The van der Waals surface area contributed by atoms with Crippen LogP contribution < -0.4 is 0 Å². The van der Waals surface area contributed by atoms with E-state index in [-0.39, 0.29) is 17.5 Å². The molecule has 5 rings (SSSR count). The predicted molar refractivity (Wildman–Crippen MR) is 159 cm³/mol. The number of fused-ring (bicyclic) bond motifs is 5. The summed E-state index contributed by atoms with van der Waals surface area (Å²) in [6, 6.07) is 4.98. The topological polar surface area (TPSA) is 26.3 Å². The van der Waals surface area contributed by atoms with E-state index in [9.17, 15) is 4.79 Å². The molecule has 38 heavy (non-hydrogen) atoms. The van der Waals surface area contributed by atoms with Crippen molar-refractivity contribution >= 4 is 29.2 Å². The van der Waals surface area contributed by atoms with Crippen LogP contribution in [0.4, 0.5) is 0 Å². The van der Waals surface area contributed by atoms with E-state index in [1.54, 1.807) is 23.8 Å². The molecular weight excluding hydrogens is 511 g/mol. The fraction of sp³-hybridized carbons (Fsp3) is 0.735. The Bertz CT molecular complexity index is 1060. The van der Waals surface area contributed by atoms with Gasteiger partial charge < -0.3 is 4.74 Å². The average Bonchev–Trinajstić information content (AvgIpc) is 3.23. The molecule has 0 aliphatic heterocycles. The van der Waals surface area contributed by atoms with Crippen molar-refractivity contribution in [3.05, 3.63) is 45.5 Å². The highest BCUT2D eigenvalue weighted by Gasteiger charge is 2.59. The van der Waals surface area contributed by atoms with E-state index in [2.05, 4.69) is 40.7 Å². The number of rotatable bonds is 7. The van der Waals surface area contributed by atoms with Crippen molar-refractivity contribution in [3.8, 4) is 0 Å². The first-order valence-corrected chi connectivity index (χ1v) is 16.1. The Hall–Kier alpha value is -0.990. The van der Waals surface area contributed by atoms with Crippen LogP contribution in [0, 0.1) is 46.3 Å². The summed E-state index contributed by atoms with van der Waals surface area (Å²) >= 11 is 12.2. The number of halogens is 2. The van der Waals surface area contributed by atoms with E-state index >= 15 is 0 Å². The van der Waals surface area contributed by atoms with Crippen LogP contribution in [0.5, 0.6) is 0 Å². The SMILES string of the molecule is CC(C)CCCC(C)C1CCC2C3CC=C4CC(OC(=O)c5ccc(Cl)c(Cl)c5)CC[C@]4(C)C3CC[C@]12C. The molecule has 210 valence electrons. The standard InChI is InChI=1S/C34H48Cl2O2/c1-21(2)7-6-8-22(3)27-12-13-28-26-11-10-24-20-25(38-32(37)23-9-14-30(35)31(36)19-23)15-17-33(24,4)29(26)16-18-34(27,28)5/h9-10,14,19,21-22,25-29H,6-8,11-13,15-18,20H2,1-5H3/t22?,25?,26?,27?,28?,29?,33-,34+/m0/s1. The summed E-state index contributed by atoms with van der Waals surface area (Å²) < 4.78 is 5.99. The van der Waals surface area contributed by atoms with Crippen molar-refractivity contribution in [2.45, 2.75) is 111 Å². The minimum atomic E-state index is -0.292. The molecule has 0 heterocycles. The fourth-order valence-electron chi connectivity index (χ4n) is 9.60. The molecule has 8 atom stereocenters. The number of carbonyl (C=O) groups excluding carboxylic acids is 1. The van der Waals surface area contributed by atoms with Gasteiger partial charge in [0.25, 0.3) is 0 Å². The van der Waals surface area contributed by atoms with E-state index in [1.807, 2.05) is 0 Å². The van der Waals surface area contributed by atoms with Crippen LogP contribution in [0.25, 0.3) is 0 Å². The summed E-state index contributed by atoms with van der Waals surface area (Å²) in [5.41, 5.74) is 2.81. The lowest BCUT2D eigenvalue weighted by Gasteiger charge is -2.58. The maximum Gasteiger partial charge on any atom is 0.338 e. The van der Waals surface area contributed by atoms with Gasteiger partial charge in [-0.15, -0.1) is 0 Å². The molecule has 0 radical (unpaired) electrons. The van der Waals surface area contributed by atoms with Gasteiger partial charge >= 0.3 is 5.97 Å². The minimum absolute atomic E-state index is 0.0516. The van der Waals surface area contributed by atoms with Gasteiger partial charge in [-0.1, -0.05) is 88.7 Å². The molecule has 4 heteroatoms. The zero-order valence-electron chi connectivity index (χ0n) is 24.2. The number of esters is 1. The molecule has 0 spiro atoms. The van der Waals surface area contributed by atoms with Crippen molar-refractivity contribution in [2.24, 2.45) is 46.3 Å². The third-order valence-corrected chi connectivity index (χ3v) is 12.4. The second kappa shape index (κ2) is 11.1. The summed E-state index contributed by atoms with van der Waals surface area (Å²) in [6.45, 7) is 12.5. The van der Waals surface area contributed by atoms with Crippen molar-refractivity contribution in [1.82, 2.24) is 0 Å². The molecule has 1 aromatic rings. The lowest BCUT2D eigenvalue weighted by atomic mass is 9.47. The van der Waals surface area contributed by atoms with Gasteiger partial charge in [0.2, 0.25) is 0 Å². The van der Waals surface area contributed by atoms with E-state index in [1.165, 1.54) is 51.4 Å². The Kier molecular flexibility index (Phi) is 8.35. The average molecular weight is 560 g/mol. The Balaban J connectivity index is 1.25. The maximum atomic E-state index is 12.8. The molecule has 0 N–H and O–H groups in total. The number of carbonyl (C=O) groups is 1. The van der Waals surface area contributed by atoms with Gasteiger partial charge in [-0.3, -0.25) is 0 Å². The molecule has 1 aromatic carbocycles. The second-order valence-electron chi connectivity index (χ2n) is 14.2. The molecule has 4 aliphatic carbocycles. The van der Waals surface area contributed by atoms with Gasteiger partial charge in [0, 0.05) is 6.42 Å². The lowest BCUT2D eigenvalue weighted by molar-refractivity contribution is -0.0594. The monoisotopic (exact) mass is 558 g/mol. The summed E-state index contributed by atoms with van der Waals surface area (Å²) in [4.78, 5) is 12.8. The Labute approximate surface area is 241 Å². The largest absolute Gasteiger partial charge is 0.458 e. The van der Waals surface area contributed by atoms with E-state index < -0.39 is 0 Å². The van der Waals surface area contributed by atoms with E-state index in [0.29, 0.717) is 21.0 Å². The van der Waals surface area contributed by atoms with Gasteiger partial charge in [0.1, 0.15) is 6.10 Å². The maximum absolute atomic E-state index is 12.8. The molecule has 0 amide bonds. The Morgan fingerprint density at radius 3 is 2.53 bits per heavy atom. The second-order valence-corrected chi connectivity index (χ2v) is 15.0. The van der Waals surface area contributed by atoms with Crippen LogP contribution in [0.1, 0.15) is 116 Å². The fourth-order valence-corrected chi connectivity index (χ4v) is 9.89. The molecule has 2 nitrogen and oxygen atoms in total. The molecule has 3 saturated carbocycles. The number of hydrogen-bond acceptors (Lipinski definition) is 2. The van der Waals surface area contributed by atoms with E-state index in [0.717, 1.165) is 54.8 Å². The van der Waals surface area contributed by atoms with Crippen LogP contribution in [-0.2, 0) is 4.74 Å². The van der Waals surface area contributed by atoms with Crippen LogP contribution in [-0.4, -0.2) is 12.1 Å². The molecular formula is C34H48Cl2O2. The lowest BCUT2D eigenvalue weighted by Crippen LogP contribution is -2.51. The molecule has 6 unspecified atom stereocenters. The Morgan fingerprint density at radius 2 is 1.79 bits per heavy atom. The summed E-state index contributed by atoms with van der Waals surface area (Å²) in [6.07, 6.45) is 16.5. The number of hydrogen-bond donors (Lipinski definition) is 0. The number of allylic oxidation sites excluding steroid dienone is 1. The highest BCUT2D eigenvalue weighted by molar-refractivity contribution is 6.42. The highest BCUT2D eigenvalue weighted by atomic mass is 35.5. The summed E-state index contributed by atoms with van der Waals surface area (Å²) in [5.74, 6) is 4.76. The zero-order chi connectivity index (χ0) is 27.2. The molecule has 0 saturated heterocycles. The summed E-state index contributed by atoms with van der Waals surface area (Å²) in [7, 11) is 0. The quantitative estimate of drug-likeness (QED) is 0.245. The number of benzene rings is 1. The molecule has 4 aliphatic rings. The summed E-state index contributed by atoms with van der Waals surface area (Å²) in [5, 5.41) is 0.845.